The molecule has 1 aromatic carbocycles. The van der Waals surface area contributed by atoms with E-state index in [1.807, 2.05) is 6.07 Å². The molecule has 158 valence electrons. The van der Waals surface area contributed by atoms with E-state index in [-0.39, 0.29) is 11.8 Å². The highest BCUT2D eigenvalue weighted by Gasteiger charge is 2.33. The number of rotatable bonds is 6. The maximum absolute atomic E-state index is 13.0. The van der Waals surface area contributed by atoms with Gasteiger partial charge in [-0.1, -0.05) is 52.0 Å². The summed E-state index contributed by atoms with van der Waals surface area (Å²) < 4.78 is 27.3. The molecule has 0 unspecified atom stereocenters. The molecule has 7 heteroatoms. The second kappa shape index (κ2) is 8.98. The normalized spacial score (nSPS) is 16.5. The van der Waals surface area contributed by atoms with Crippen LogP contribution in [0.25, 0.3) is 0 Å². The number of sulfonamides is 1. The summed E-state index contributed by atoms with van der Waals surface area (Å²) in [6.45, 7) is 9.26. The first-order chi connectivity index (χ1) is 13.7. The Balaban J connectivity index is 1.71. The number of benzene rings is 1. The molecule has 2 aromatic rings. The van der Waals surface area contributed by atoms with E-state index in [4.69, 9.17) is 0 Å². The van der Waals surface area contributed by atoms with Crippen molar-refractivity contribution in [1.82, 2.24) is 4.31 Å². The van der Waals surface area contributed by atoms with Crippen LogP contribution in [0.3, 0.4) is 0 Å². The van der Waals surface area contributed by atoms with Crippen LogP contribution in [-0.4, -0.2) is 31.7 Å². The number of piperidine rings is 1. The molecule has 3 rings (SSSR count). The molecule has 0 radical (unpaired) electrons. The Morgan fingerprint density at radius 2 is 1.62 bits per heavy atom. The highest BCUT2D eigenvalue weighted by molar-refractivity contribution is 7.91. The van der Waals surface area contributed by atoms with Gasteiger partial charge in [0.05, 0.1) is 0 Å². The molecule has 1 saturated heterocycles. The van der Waals surface area contributed by atoms with Gasteiger partial charge in [-0.3, -0.25) is 4.79 Å². The van der Waals surface area contributed by atoms with Gasteiger partial charge in [-0.2, -0.15) is 4.31 Å². The van der Waals surface area contributed by atoms with Crippen molar-refractivity contribution in [2.45, 2.75) is 56.6 Å². The van der Waals surface area contributed by atoms with E-state index in [0.29, 0.717) is 42.0 Å². The van der Waals surface area contributed by atoms with E-state index >= 15 is 0 Å². The molecule has 1 N–H and O–H groups in total. The number of carbonyl (C=O) groups is 1. The monoisotopic (exact) mass is 434 g/mol. The van der Waals surface area contributed by atoms with Crippen LogP contribution in [0, 0.1) is 5.92 Å². The molecule has 1 fully saturated rings. The summed E-state index contributed by atoms with van der Waals surface area (Å²) in [6, 6.07) is 9.57. The molecule has 5 nitrogen and oxygen atoms in total. The Kier molecular flexibility index (Phi) is 6.81. The number of nitrogens with one attached hydrogen (secondary N) is 1. The van der Waals surface area contributed by atoms with Crippen LogP contribution in [0.5, 0.6) is 0 Å². The number of amides is 1. The van der Waals surface area contributed by atoms with E-state index in [2.05, 4.69) is 45.1 Å². The van der Waals surface area contributed by atoms with Crippen LogP contribution >= 0.6 is 11.3 Å². The number of hydrogen-bond acceptors (Lipinski definition) is 4. The predicted molar refractivity (Wildman–Crippen MR) is 119 cm³/mol. The molecule has 1 amide bonds. The first-order valence-electron chi connectivity index (χ1n) is 10.2. The highest BCUT2D eigenvalue weighted by atomic mass is 32.2. The predicted octanol–water partition coefficient (Wildman–Crippen LogP) is 5.03. The molecule has 0 aliphatic carbocycles. The van der Waals surface area contributed by atoms with Crippen molar-refractivity contribution >= 4 is 33.0 Å². The summed E-state index contributed by atoms with van der Waals surface area (Å²) in [4.78, 5) is 13.0. The molecule has 1 aliphatic heterocycles. The first-order valence-corrected chi connectivity index (χ1v) is 12.5. The van der Waals surface area contributed by atoms with Gasteiger partial charge < -0.3 is 5.32 Å². The van der Waals surface area contributed by atoms with E-state index in [0.717, 1.165) is 16.8 Å². The standard InChI is InChI=1S/C22H30N2O3S2/c1-15(2)18-7-5-8-19(16(3)4)21(18)23-22(25)17-10-12-24(13-11-17)29(26,27)20-9-6-14-28-20/h5-9,14-17H,10-13H2,1-4H3,(H,23,25). The van der Waals surface area contributed by atoms with Gasteiger partial charge in [-0.05, 0) is 47.3 Å². The zero-order chi connectivity index (χ0) is 21.2. The molecule has 0 bridgehead atoms. The average Bonchev–Trinajstić information content (AvgIpc) is 3.23. The van der Waals surface area contributed by atoms with E-state index in [1.54, 1.807) is 17.5 Å². The zero-order valence-corrected chi connectivity index (χ0v) is 19.1. The van der Waals surface area contributed by atoms with Crippen molar-refractivity contribution in [2.24, 2.45) is 5.92 Å². The Bertz CT molecular complexity index is 916. The summed E-state index contributed by atoms with van der Waals surface area (Å²) in [5.41, 5.74) is 3.21. The minimum atomic E-state index is -3.44. The molecule has 0 spiro atoms. The van der Waals surface area contributed by atoms with Crippen molar-refractivity contribution in [3.8, 4) is 0 Å². The number of carbonyl (C=O) groups excluding carboxylic acids is 1. The van der Waals surface area contributed by atoms with Gasteiger partial charge in [-0.25, -0.2) is 8.42 Å². The first kappa shape index (κ1) is 22.0. The lowest BCUT2D eigenvalue weighted by molar-refractivity contribution is -0.120. The highest BCUT2D eigenvalue weighted by Crippen LogP contribution is 2.34. The number of thiophene rings is 1. The summed E-state index contributed by atoms with van der Waals surface area (Å²) in [5, 5.41) is 4.96. The Morgan fingerprint density at radius 3 is 2.10 bits per heavy atom. The number of anilines is 1. The lowest BCUT2D eigenvalue weighted by Gasteiger charge is -2.30. The minimum absolute atomic E-state index is 0.00632. The van der Waals surface area contributed by atoms with Gasteiger partial charge in [-0.15, -0.1) is 11.3 Å². The van der Waals surface area contributed by atoms with Crippen LogP contribution in [0.2, 0.25) is 0 Å². The van der Waals surface area contributed by atoms with E-state index in [1.165, 1.54) is 15.6 Å². The third kappa shape index (κ3) is 4.73. The molecular formula is C22H30N2O3S2. The largest absolute Gasteiger partial charge is 0.325 e. The quantitative estimate of drug-likeness (QED) is 0.693. The average molecular weight is 435 g/mol. The minimum Gasteiger partial charge on any atom is -0.325 e. The van der Waals surface area contributed by atoms with Crippen molar-refractivity contribution < 1.29 is 13.2 Å². The number of nitrogens with zero attached hydrogens (tertiary/aromatic N) is 1. The molecule has 0 atom stereocenters. The van der Waals surface area contributed by atoms with Crippen molar-refractivity contribution in [1.29, 1.82) is 0 Å². The molecule has 2 heterocycles. The van der Waals surface area contributed by atoms with E-state index in [9.17, 15) is 13.2 Å². The Morgan fingerprint density at radius 1 is 1.03 bits per heavy atom. The number of para-hydroxylation sites is 1. The van der Waals surface area contributed by atoms with Crippen LogP contribution in [0.4, 0.5) is 5.69 Å². The van der Waals surface area contributed by atoms with Gasteiger partial charge in [0.15, 0.2) is 0 Å². The van der Waals surface area contributed by atoms with Crippen LogP contribution in [0.15, 0.2) is 39.9 Å². The SMILES string of the molecule is CC(C)c1cccc(C(C)C)c1NC(=O)C1CCN(S(=O)(=O)c2cccs2)CC1. The lowest BCUT2D eigenvalue weighted by Crippen LogP contribution is -2.41. The Hall–Kier alpha value is -1.70. The smallest absolute Gasteiger partial charge is 0.252 e. The fraction of sp³-hybridized carbons (Fsp3) is 0.500. The van der Waals surface area contributed by atoms with Crippen molar-refractivity contribution in [3.05, 3.63) is 46.8 Å². The summed E-state index contributed by atoms with van der Waals surface area (Å²) in [7, 11) is -3.44. The summed E-state index contributed by atoms with van der Waals surface area (Å²) in [5.74, 6) is 0.432. The van der Waals surface area contributed by atoms with Crippen LogP contribution in [0.1, 0.15) is 63.5 Å². The van der Waals surface area contributed by atoms with Gasteiger partial charge in [0.1, 0.15) is 4.21 Å². The second-order valence-electron chi connectivity index (χ2n) is 8.22. The fourth-order valence-corrected chi connectivity index (χ4v) is 6.43. The molecule has 1 aliphatic rings. The second-order valence-corrected chi connectivity index (χ2v) is 11.3. The van der Waals surface area contributed by atoms with Gasteiger partial charge in [0.25, 0.3) is 10.0 Å². The van der Waals surface area contributed by atoms with Gasteiger partial charge in [0, 0.05) is 24.7 Å². The summed E-state index contributed by atoms with van der Waals surface area (Å²) >= 11 is 1.23. The number of hydrogen-bond donors (Lipinski definition) is 1. The van der Waals surface area contributed by atoms with Crippen LogP contribution < -0.4 is 5.32 Å². The third-order valence-corrected chi connectivity index (χ3v) is 8.81. The topological polar surface area (TPSA) is 66.5 Å². The van der Waals surface area contributed by atoms with Crippen molar-refractivity contribution in [2.75, 3.05) is 18.4 Å². The lowest BCUT2D eigenvalue weighted by atomic mass is 9.91. The maximum atomic E-state index is 13.0. The molecule has 1 aromatic heterocycles. The van der Waals surface area contributed by atoms with Gasteiger partial charge >= 0.3 is 0 Å². The third-order valence-electron chi connectivity index (χ3n) is 5.54. The van der Waals surface area contributed by atoms with Crippen LogP contribution in [-0.2, 0) is 14.8 Å². The molecule has 0 saturated carbocycles. The van der Waals surface area contributed by atoms with Crippen molar-refractivity contribution in [3.63, 3.8) is 0 Å². The molecule has 29 heavy (non-hydrogen) atoms. The van der Waals surface area contributed by atoms with Gasteiger partial charge in [0.2, 0.25) is 5.91 Å². The molecular weight excluding hydrogens is 404 g/mol. The van der Waals surface area contributed by atoms with E-state index < -0.39 is 10.0 Å². The Labute approximate surface area is 178 Å². The summed E-state index contributed by atoms with van der Waals surface area (Å²) in [6.07, 6.45) is 1.08. The zero-order valence-electron chi connectivity index (χ0n) is 17.5. The maximum Gasteiger partial charge on any atom is 0.252 e. The fourth-order valence-electron chi connectivity index (χ4n) is 3.82.